The van der Waals surface area contributed by atoms with Crippen LogP contribution in [0, 0.1) is 0 Å². The number of urea groups is 1. The zero-order valence-corrected chi connectivity index (χ0v) is 10.4. The van der Waals surface area contributed by atoms with Crippen LogP contribution in [0.3, 0.4) is 0 Å². The van der Waals surface area contributed by atoms with E-state index in [9.17, 15) is 14.4 Å². The molecular weight excluding hydrogens is 238 g/mol. The molecule has 0 aromatic carbocycles. The molecule has 0 bridgehead atoms. The molecule has 0 aromatic rings. The lowest BCUT2D eigenvalue weighted by Crippen LogP contribution is -2.51. The fraction of sp³-hybridized carbons (Fsp3) is 0.727. The molecule has 7 nitrogen and oxygen atoms in total. The van der Waals surface area contributed by atoms with Gasteiger partial charge in [0.05, 0.1) is 0 Å². The van der Waals surface area contributed by atoms with Crippen molar-refractivity contribution in [1.82, 2.24) is 10.2 Å². The average Bonchev–Trinajstić information content (AvgIpc) is 2.20. The van der Waals surface area contributed by atoms with Gasteiger partial charge in [0.1, 0.15) is 6.04 Å². The van der Waals surface area contributed by atoms with Gasteiger partial charge in [0.25, 0.3) is 0 Å². The van der Waals surface area contributed by atoms with Gasteiger partial charge in [-0.2, -0.15) is 0 Å². The van der Waals surface area contributed by atoms with Crippen LogP contribution in [0.2, 0.25) is 0 Å². The van der Waals surface area contributed by atoms with Crippen LogP contribution in [0.1, 0.15) is 32.1 Å². The van der Waals surface area contributed by atoms with Crippen LogP contribution in [0.15, 0.2) is 0 Å². The van der Waals surface area contributed by atoms with E-state index in [1.807, 2.05) is 0 Å². The zero-order chi connectivity index (χ0) is 13.7. The van der Waals surface area contributed by atoms with Gasteiger partial charge in [-0.3, -0.25) is 4.79 Å². The van der Waals surface area contributed by atoms with Gasteiger partial charge in [0.15, 0.2) is 0 Å². The van der Waals surface area contributed by atoms with E-state index in [1.54, 1.807) is 7.05 Å². The number of nitrogens with zero attached hydrogens (tertiary/aromatic N) is 1. The molecular formula is C11H19N3O4. The van der Waals surface area contributed by atoms with E-state index in [1.165, 1.54) is 4.90 Å². The van der Waals surface area contributed by atoms with Gasteiger partial charge in [-0.25, -0.2) is 9.59 Å². The molecule has 3 amide bonds. The molecule has 1 saturated carbocycles. The van der Waals surface area contributed by atoms with Crippen molar-refractivity contribution >= 4 is 17.9 Å². The smallest absolute Gasteiger partial charge is 0.326 e. The zero-order valence-electron chi connectivity index (χ0n) is 10.4. The highest BCUT2D eigenvalue weighted by molar-refractivity contribution is 5.83. The molecule has 4 N–H and O–H groups in total. The van der Waals surface area contributed by atoms with Crippen LogP contribution in [0.25, 0.3) is 0 Å². The molecule has 1 aliphatic carbocycles. The number of nitrogens with two attached hydrogens (primary N) is 1. The monoisotopic (exact) mass is 257 g/mol. The Morgan fingerprint density at radius 1 is 1.44 bits per heavy atom. The van der Waals surface area contributed by atoms with Crippen molar-refractivity contribution in [3.8, 4) is 0 Å². The first-order valence-electron chi connectivity index (χ1n) is 5.96. The molecule has 0 spiro atoms. The molecule has 1 aliphatic rings. The van der Waals surface area contributed by atoms with Crippen molar-refractivity contribution in [3.05, 3.63) is 0 Å². The number of amides is 3. The number of nitrogens with one attached hydrogen (secondary N) is 1. The molecule has 0 saturated heterocycles. The van der Waals surface area contributed by atoms with E-state index in [2.05, 4.69) is 5.32 Å². The molecule has 0 aliphatic heterocycles. The number of carbonyl (C=O) groups is 3. The maximum Gasteiger partial charge on any atom is 0.326 e. The summed E-state index contributed by atoms with van der Waals surface area (Å²) in [4.78, 5) is 34.8. The lowest BCUT2D eigenvalue weighted by atomic mass is 9.92. The maximum absolute atomic E-state index is 11.8. The van der Waals surface area contributed by atoms with Gasteiger partial charge in [-0.15, -0.1) is 0 Å². The number of carboxylic acid groups (broad SMARTS) is 1. The number of primary amides is 1. The second-order valence-electron chi connectivity index (χ2n) is 4.54. The van der Waals surface area contributed by atoms with E-state index in [4.69, 9.17) is 10.8 Å². The Bertz CT molecular complexity index is 341. The van der Waals surface area contributed by atoms with Crippen LogP contribution < -0.4 is 11.1 Å². The van der Waals surface area contributed by atoms with E-state index in [0.717, 1.165) is 19.3 Å². The standard InChI is InChI=1S/C11H19N3O4/c1-14(7-3-2-4-7)11(18)13-8(10(16)17)5-6-9(12)15/h7-8H,2-6H2,1H3,(H2,12,15)(H,13,18)(H,16,17)/t8-/m0/s1. The third kappa shape index (κ3) is 3.90. The number of hydrogen-bond acceptors (Lipinski definition) is 3. The second kappa shape index (κ2) is 6.23. The Labute approximate surface area is 105 Å². The Balaban J connectivity index is 2.46. The van der Waals surface area contributed by atoms with Gasteiger partial charge in [0.2, 0.25) is 5.91 Å². The Morgan fingerprint density at radius 2 is 2.06 bits per heavy atom. The SMILES string of the molecule is CN(C(=O)N[C@@H](CCC(N)=O)C(=O)O)C1CCC1. The topological polar surface area (TPSA) is 113 Å². The van der Waals surface area contributed by atoms with Crippen LogP contribution in [-0.4, -0.2) is 47.0 Å². The van der Waals surface area contributed by atoms with Crippen molar-refractivity contribution in [2.75, 3.05) is 7.05 Å². The van der Waals surface area contributed by atoms with E-state index in [-0.39, 0.29) is 18.9 Å². The number of hydrogen-bond donors (Lipinski definition) is 3. The minimum absolute atomic E-state index is 0.00884. The normalized spacial score (nSPS) is 16.5. The van der Waals surface area contributed by atoms with Crippen LogP contribution >= 0.6 is 0 Å². The van der Waals surface area contributed by atoms with Crippen LogP contribution in [-0.2, 0) is 9.59 Å². The molecule has 1 rings (SSSR count). The van der Waals surface area contributed by atoms with E-state index >= 15 is 0 Å². The molecule has 0 aromatic heterocycles. The van der Waals surface area contributed by atoms with E-state index in [0.29, 0.717) is 0 Å². The fourth-order valence-electron chi connectivity index (χ4n) is 1.73. The fourth-order valence-corrected chi connectivity index (χ4v) is 1.73. The summed E-state index contributed by atoms with van der Waals surface area (Å²) in [7, 11) is 1.64. The van der Waals surface area contributed by atoms with Crippen molar-refractivity contribution in [3.63, 3.8) is 0 Å². The molecule has 1 atom stereocenters. The van der Waals surface area contributed by atoms with Crippen LogP contribution in [0.4, 0.5) is 4.79 Å². The van der Waals surface area contributed by atoms with Gasteiger partial charge in [0, 0.05) is 19.5 Å². The van der Waals surface area contributed by atoms with Gasteiger partial charge >= 0.3 is 12.0 Å². The minimum Gasteiger partial charge on any atom is -0.480 e. The Kier molecular flexibility index (Phi) is 4.94. The third-order valence-electron chi connectivity index (χ3n) is 3.22. The summed E-state index contributed by atoms with van der Waals surface area (Å²) < 4.78 is 0. The summed E-state index contributed by atoms with van der Waals surface area (Å²) in [6.07, 6.45) is 2.93. The lowest BCUT2D eigenvalue weighted by Gasteiger charge is -2.35. The Morgan fingerprint density at radius 3 is 2.44 bits per heavy atom. The first kappa shape index (κ1) is 14.3. The lowest BCUT2D eigenvalue weighted by molar-refractivity contribution is -0.139. The molecule has 0 heterocycles. The summed E-state index contributed by atoms with van der Waals surface area (Å²) in [5.74, 6) is -1.74. The molecule has 0 unspecified atom stereocenters. The number of aliphatic carboxylic acids is 1. The predicted molar refractivity (Wildman–Crippen MR) is 63.8 cm³/mol. The van der Waals surface area contributed by atoms with E-state index < -0.39 is 23.9 Å². The highest BCUT2D eigenvalue weighted by atomic mass is 16.4. The summed E-state index contributed by atoms with van der Waals surface area (Å²) in [5.41, 5.74) is 4.96. The van der Waals surface area contributed by atoms with Crippen molar-refractivity contribution in [1.29, 1.82) is 0 Å². The highest BCUT2D eigenvalue weighted by Crippen LogP contribution is 2.23. The van der Waals surface area contributed by atoms with Gasteiger partial charge in [-0.1, -0.05) is 0 Å². The first-order valence-corrected chi connectivity index (χ1v) is 5.96. The molecule has 1 fully saturated rings. The summed E-state index contributed by atoms with van der Waals surface area (Å²) >= 11 is 0. The highest BCUT2D eigenvalue weighted by Gasteiger charge is 2.28. The predicted octanol–water partition coefficient (Wildman–Crippen LogP) is -0.101. The van der Waals surface area contributed by atoms with Crippen molar-refractivity contribution < 1.29 is 19.5 Å². The van der Waals surface area contributed by atoms with Crippen LogP contribution in [0.5, 0.6) is 0 Å². The van der Waals surface area contributed by atoms with Crippen molar-refractivity contribution in [2.45, 2.75) is 44.2 Å². The molecule has 102 valence electrons. The molecule has 18 heavy (non-hydrogen) atoms. The molecule has 0 radical (unpaired) electrons. The van der Waals surface area contributed by atoms with Crippen molar-refractivity contribution in [2.24, 2.45) is 5.73 Å². The minimum atomic E-state index is -1.16. The number of carboxylic acids is 1. The maximum atomic E-state index is 11.8. The van der Waals surface area contributed by atoms with Gasteiger partial charge < -0.3 is 21.1 Å². The largest absolute Gasteiger partial charge is 0.480 e. The molecule has 7 heteroatoms. The second-order valence-corrected chi connectivity index (χ2v) is 4.54. The summed E-state index contributed by atoms with van der Waals surface area (Å²) in [6, 6.07) is -1.31. The number of rotatable bonds is 6. The average molecular weight is 257 g/mol. The number of carbonyl (C=O) groups excluding carboxylic acids is 2. The van der Waals surface area contributed by atoms with Gasteiger partial charge in [-0.05, 0) is 25.7 Å². The summed E-state index contributed by atoms with van der Waals surface area (Å²) in [5, 5.41) is 11.3. The summed E-state index contributed by atoms with van der Waals surface area (Å²) in [6.45, 7) is 0. The quantitative estimate of drug-likeness (QED) is 0.616. The Hall–Kier alpha value is -1.79. The third-order valence-corrected chi connectivity index (χ3v) is 3.22. The first-order chi connectivity index (χ1) is 8.41.